The number of carbonyl (C=O) groups is 1. The molecule has 0 bridgehead atoms. The zero-order valence-electron chi connectivity index (χ0n) is 19.9. The summed E-state index contributed by atoms with van der Waals surface area (Å²) in [5, 5.41) is 0.870. The summed E-state index contributed by atoms with van der Waals surface area (Å²) in [5.41, 5.74) is -0.578. The Hall–Kier alpha value is -3.26. The maximum absolute atomic E-state index is 14.7. The Bertz CT molecular complexity index is 1240. The predicted molar refractivity (Wildman–Crippen MR) is 132 cm³/mol. The van der Waals surface area contributed by atoms with Gasteiger partial charge in [-0.1, -0.05) is 56.6 Å². The van der Waals surface area contributed by atoms with Crippen molar-refractivity contribution in [3.63, 3.8) is 0 Å². The minimum Gasteiger partial charge on any atom is -0.423 e. The van der Waals surface area contributed by atoms with E-state index in [1.165, 1.54) is 56.0 Å². The highest BCUT2D eigenvalue weighted by molar-refractivity contribution is 5.93. The van der Waals surface area contributed by atoms with E-state index in [1.807, 2.05) is 0 Å². The summed E-state index contributed by atoms with van der Waals surface area (Å²) in [4.78, 5) is 12.5. The van der Waals surface area contributed by atoms with Crippen LogP contribution in [0, 0.1) is 41.1 Å². The molecule has 0 heterocycles. The van der Waals surface area contributed by atoms with Crippen LogP contribution in [0.1, 0.15) is 74.2 Å². The smallest absolute Gasteiger partial charge is 0.349 e. The van der Waals surface area contributed by atoms with Gasteiger partial charge in [0.1, 0.15) is 28.8 Å². The monoisotopic (exact) mass is 478 g/mol. The van der Waals surface area contributed by atoms with Crippen molar-refractivity contribution >= 4 is 16.7 Å². The maximum Gasteiger partial charge on any atom is 0.349 e. The number of benzene rings is 3. The molecule has 182 valence electrons. The second kappa shape index (κ2) is 11.4. The Labute approximate surface area is 204 Å². The molecule has 0 aromatic heterocycles. The molecule has 1 fully saturated rings. The quantitative estimate of drug-likeness (QED) is 0.154. The minimum absolute atomic E-state index is 0.0704. The first kappa shape index (κ1) is 24.9. The number of unbranched alkanes of at least 4 members (excludes halogenated alkanes) is 2. The van der Waals surface area contributed by atoms with Gasteiger partial charge in [0.25, 0.3) is 0 Å². The molecule has 0 radical (unpaired) electrons. The van der Waals surface area contributed by atoms with Gasteiger partial charge >= 0.3 is 5.97 Å². The van der Waals surface area contributed by atoms with Crippen molar-refractivity contribution in [1.29, 1.82) is 0 Å². The van der Waals surface area contributed by atoms with Crippen molar-refractivity contribution in [2.24, 2.45) is 11.8 Å². The molecule has 1 saturated carbocycles. The number of ether oxygens (including phenoxy) is 1. The van der Waals surface area contributed by atoms with E-state index in [0.29, 0.717) is 10.8 Å². The molecule has 1 aliphatic carbocycles. The van der Waals surface area contributed by atoms with Crippen LogP contribution in [0.3, 0.4) is 0 Å². The van der Waals surface area contributed by atoms with Gasteiger partial charge in [-0.15, -0.1) is 0 Å². The summed E-state index contributed by atoms with van der Waals surface area (Å²) in [6, 6.07) is 10.9. The van der Waals surface area contributed by atoms with Gasteiger partial charge in [-0.3, -0.25) is 0 Å². The van der Waals surface area contributed by atoms with Gasteiger partial charge in [0, 0.05) is 16.9 Å². The van der Waals surface area contributed by atoms with Gasteiger partial charge in [-0.2, -0.15) is 0 Å². The lowest BCUT2D eigenvalue weighted by Crippen LogP contribution is -2.14. The van der Waals surface area contributed by atoms with E-state index in [0.717, 1.165) is 43.7 Å². The van der Waals surface area contributed by atoms with Crippen molar-refractivity contribution in [3.05, 3.63) is 77.1 Å². The molecule has 5 heteroatoms. The van der Waals surface area contributed by atoms with Crippen LogP contribution in [0.15, 0.2) is 48.5 Å². The third kappa shape index (κ3) is 6.25. The summed E-state index contributed by atoms with van der Waals surface area (Å²) in [7, 11) is 0. The maximum atomic E-state index is 14.7. The molecule has 35 heavy (non-hydrogen) atoms. The summed E-state index contributed by atoms with van der Waals surface area (Å²) >= 11 is 0. The largest absolute Gasteiger partial charge is 0.423 e. The second-order valence-corrected chi connectivity index (χ2v) is 9.31. The van der Waals surface area contributed by atoms with Crippen molar-refractivity contribution in [2.45, 2.75) is 58.3 Å². The molecule has 0 aliphatic heterocycles. The fourth-order valence-electron chi connectivity index (χ4n) is 4.75. The van der Waals surface area contributed by atoms with E-state index < -0.39 is 29.0 Å². The van der Waals surface area contributed by atoms with Gasteiger partial charge in [0.2, 0.25) is 0 Å². The molecule has 0 spiro atoms. The average molecular weight is 479 g/mol. The van der Waals surface area contributed by atoms with Crippen LogP contribution in [0.4, 0.5) is 13.2 Å². The number of hydrogen-bond acceptors (Lipinski definition) is 2. The number of carbonyl (C=O) groups excluding carboxylic acids is 1. The van der Waals surface area contributed by atoms with Crippen molar-refractivity contribution < 1.29 is 22.7 Å². The third-order valence-corrected chi connectivity index (χ3v) is 6.74. The van der Waals surface area contributed by atoms with Crippen molar-refractivity contribution in [2.75, 3.05) is 0 Å². The fourth-order valence-corrected chi connectivity index (χ4v) is 4.75. The molecular formula is C30H29F3O2. The number of fused-ring (bicyclic) bond motifs is 1. The molecule has 4 rings (SSSR count). The molecule has 0 saturated heterocycles. The number of rotatable bonds is 6. The van der Waals surface area contributed by atoms with Crippen molar-refractivity contribution in [1.82, 2.24) is 0 Å². The van der Waals surface area contributed by atoms with E-state index in [1.54, 1.807) is 6.07 Å². The highest BCUT2D eigenvalue weighted by atomic mass is 19.1. The van der Waals surface area contributed by atoms with E-state index >= 15 is 0 Å². The van der Waals surface area contributed by atoms with Gasteiger partial charge in [0.05, 0.1) is 0 Å². The number of halogens is 3. The number of hydrogen-bond donors (Lipinski definition) is 0. The SMILES string of the molecule is CCCCCC1CCC(C#Cc2cc(F)c(C(=O)Oc3ccc4c(F)cccc4c3)c(F)c2)CC1. The Morgan fingerprint density at radius 2 is 1.69 bits per heavy atom. The lowest BCUT2D eigenvalue weighted by atomic mass is 9.80. The lowest BCUT2D eigenvalue weighted by Gasteiger charge is -2.25. The first-order valence-electron chi connectivity index (χ1n) is 12.4. The average Bonchev–Trinajstić information content (AvgIpc) is 2.83. The first-order chi connectivity index (χ1) is 16.9. The highest BCUT2D eigenvalue weighted by Crippen LogP contribution is 2.32. The highest BCUT2D eigenvalue weighted by Gasteiger charge is 2.22. The summed E-state index contributed by atoms with van der Waals surface area (Å²) < 4.78 is 48.4. The lowest BCUT2D eigenvalue weighted by molar-refractivity contribution is 0.0725. The fraction of sp³-hybridized carbons (Fsp3) is 0.367. The van der Waals surface area contributed by atoms with Crippen molar-refractivity contribution in [3.8, 4) is 17.6 Å². The first-order valence-corrected chi connectivity index (χ1v) is 12.4. The molecule has 0 N–H and O–H groups in total. The molecule has 3 aromatic rings. The zero-order chi connectivity index (χ0) is 24.8. The van der Waals surface area contributed by atoms with Gasteiger partial charge < -0.3 is 4.74 Å². The Morgan fingerprint density at radius 1 is 0.943 bits per heavy atom. The van der Waals surface area contributed by atoms with Crippen LogP contribution in [-0.4, -0.2) is 5.97 Å². The molecule has 0 unspecified atom stereocenters. The van der Waals surface area contributed by atoms with E-state index in [-0.39, 0.29) is 17.2 Å². The van der Waals surface area contributed by atoms with Gasteiger partial charge in [-0.05, 0) is 73.4 Å². The van der Waals surface area contributed by atoms with Crippen LogP contribution < -0.4 is 4.74 Å². The van der Waals surface area contributed by atoms with Crippen LogP contribution in [0.2, 0.25) is 0 Å². The molecule has 0 amide bonds. The number of esters is 1. The molecule has 3 aromatic carbocycles. The predicted octanol–water partition coefficient (Wildman–Crippen LogP) is 8.21. The zero-order valence-corrected chi connectivity index (χ0v) is 19.9. The standard InChI is InChI=1S/C30H29F3O2/c1-2-3-4-6-20-9-11-21(12-10-20)13-14-22-17-27(32)29(28(33)18-22)30(34)35-24-15-16-25-23(19-24)7-5-8-26(25)31/h5,7-8,15-21H,2-4,6,9-12H2,1H3. The minimum atomic E-state index is -1.16. The third-order valence-electron chi connectivity index (χ3n) is 6.74. The Balaban J connectivity index is 1.41. The summed E-state index contributed by atoms with van der Waals surface area (Å²) in [5.74, 6) is 3.50. The Morgan fingerprint density at radius 3 is 2.40 bits per heavy atom. The van der Waals surface area contributed by atoms with E-state index in [9.17, 15) is 18.0 Å². The second-order valence-electron chi connectivity index (χ2n) is 9.31. The van der Waals surface area contributed by atoms with Gasteiger partial charge in [0.15, 0.2) is 0 Å². The van der Waals surface area contributed by atoms with Crippen LogP contribution in [-0.2, 0) is 0 Å². The van der Waals surface area contributed by atoms with E-state index in [2.05, 4.69) is 18.8 Å². The topological polar surface area (TPSA) is 26.3 Å². The molecular weight excluding hydrogens is 449 g/mol. The van der Waals surface area contributed by atoms with Crippen LogP contribution >= 0.6 is 0 Å². The normalized spacial score (nSPS) is 17.6. The van der Waals surface area contributed by atoms with Crippen LogP contribution in [0.25, 0.3) is 10.8 Å². The van der Waals surface area contributed by atoms with E-state index in [4.69, 9.17) is 4.74 Å². The molecule has 2 nitrogen and oxygen atoms in total. The summed E-state index contributed by atoms with van der Waals surface area (Å²) in [6.07, 6.45) is 9.39. The Kier molecular flexibility index (Phi) is 8.13. The molecule has 0 atom stereocenters. The van der Waals surface area contributed by atoms with Gasteiger partial charge in [-0.25, -0.2) is 18.0 Å². The summed E-state index contributed by atoms with van der Waals surface area (Å²) in [6.45, 7) is 2.21. The molecule has 1 aliphatic rings. The van der Waals surface area contributed by atoms with Crippen LogP contribution in [0.5, 0.6) is 5.75 Å².